The van der Waals surface area contributed by atoms with Crippen LogP contribution >= 0.6 is 0 Å². The monoisotopic (exact) mass is 220 g/mol. The van der Waals surface area contributed by atoms with Gasteiger partial charge in [0.2, 0.25) is 0 Å². The van der Waals surface area contributed by atoms with Crippen LogP contribution in [0.3, 0.4) is 0 Å². The summed E-state index contributed by atoms with van der Waals surface area (Å²) in [5.41, 5.74) is 0.337. The molecule has 0 fully saturated rings. The first-order valence-corrected chi connectivity index (χ1v) is 4.62. The van der Waals surface area contributed by atoms with Crippen LogP contribution in [-0.2, 0) is 7.05 Å². The maximum absolute atomic E-state index is 12.6. The molecule has 2 aromatic rings. The Hall–Kier alpha value is -2.17. The van der Waals surface area contributed by atoms with Crippen molar-refractivity contribution in [3.05, 3.63) is 48.0 Å². The molecule has 0 amide bonds. The Morgan fingerprint density at radius 1 is 1.31 bits per heavy atom. The van der Waals surface area contributed by atoms with Crippen molar-refractivity contribution in [3.63, 3.8) is 0 Å². The number of carbonyl (C=O) groups excluding carboxylic acids is 1. The maximum atomic E-state index is 12.6. The van der Waals surface area contributed by atoms with Gasteiger partial charge in [-0.2, -0.15) is 5.10 Å². The van der Waals surface area contributed by atoms with Crippen molar-refractivity contribution in [3.8, 4) is 5.75 Å². The largest absolute Gasteiger partial charge is 0.422 e. The number of benzene rings is 1. The third kappa shape index (κ3) is 2.08. The summed E-state index contributed by atoms with van der Waals surface area (Å²) in [4.78, 5) is 11.6. The molecule has 0 aliphatic heterocycles. The zero-order chi connectivity index (χ0) is 11.5. The second-order valence-electron chi connectivity index (χ2n) is 3.18. The SMILES string of the molecule is Cn1nccc1C(=O)Oc1ccc(F)cc1. The average Bonchev–Trinajstić information content (AvgIpc) is 2.68. The number of hydrogen-bond donors (Lipinski definition) is 0. The predicted octanol–water partition coefficient (Wildman–Crippen LogP) is 1.78. The van der Waals surface area contributed by atoms with E-state index in [0.717, 1.165) is 0 Å². The molecule has 0 saturated carbocycles. The Bertz CT molecular complexity index is 505. The fraction of sp³-hybridized carbons (Fsp3) is 0.0909. The summed E-state index contributed by atoms with van der Waals surface area (Å²) in [6.45, 7) is 0. The van der Waals surface area contributed by atoms with Gasteiger partial charge in [0.25, 0.3) is 0 Å². The van der Waals surface area contributed by atoms with E-state index >= 15 is 0 Å². The topological polar surface area (TPSA) is 44.1 Å². The van der Waals surface area contributed by atoms with Crippen molar-refractivity contribution < 1.29 is 13.9 Å². The Balaban J connectivity index is 2.14. The molecular formula is C11H9FN2O2. The molecule has 0 aliphatic carbocycles. The van der Waals surface area contributed by atoms with Gasteiger partial charge in [0.1, 0.15) is 17.3 Å². The highest BCUT2D eigenvalue weighted by Crippen LogP contribution is 2.13. The van der Waals surface area contributed by atoms with Gasteiger partial charge in [0, 0.05) is 13.2 Å². The first kappa shape index (κ1) is 10.4. The van der Waals surface area contributed by atoms with Crippen LogP contribution < -0.4 is 4.74 Å². The number of nitrogens with zero attached hydrogens (tertiary/aromatic N) is 2. The van der Waals surface area contributed by atoms with E-state index in [4.69, 9.17) is 4.74 Å². The number of aromatic nitrogens is 2. The predicted molar refractivity (Wildman–Crippen MR) is 54.6 cm³/mol. The molecule has 4 nitrogen and oxygen atoms in total. The molecular weight excluding hydrogens is 211 g/mol. The van der Waals surface area contributed by atoms with Crippen molar-refractivity contribution in [1.29, 1.82) is 0 Å². The molecule has 0 bridgehead atoms. The highest BCUT2D eigenvalue weighted by molar-refractivity contribution is 5.89. The maximum Gasteiger partial charge on any atom is 0.361 e. The lowest BCUT2D eigenvalue weighted by Gasteiger charge is -2.03. The van der Waals surface area contributed by atoms with E-state index in [9.17, 15) is 9.18 Å². The fourth-order valence-electron chi connectivity index (χ4n) is 1.24. The molecule has 5 heteroatoms. The fourth-order valence-corrected chi connectivity index (χ4v) is 1.24. The lowest BCUT2D eigenvalue weighted by molar-refractivity contribution is 0.0723. The first-order valence-electron chi connectivity index (χ1n) is 4.62. The van der Waals surface area contributed by atoms with Crippen LogP contribution in [0.1, 0.15) is 10.5 Å². The van der Waals surface area contributed by atoms with Gasteiger partial charge in [-0.15, -0.1) is 0 Å². The third-order valence-corrected chi connectivity index (χ3v) is 2.05. The minimum Gasteiger partial charge on any atom is -0.422 e. The van der Waals surface area contributed by atoms with Crippen LogP contribution in [0.25, 0.3) is 0 Å². The second-order valence-corrected chi connectivity index (χ2v) is 3.18. The van der Waals surface area contributed by atoms with E-state index in [0.29, 0.717) is 11.4 Å². The number of halogens is 1. The van der Waals surface area contributed by atoms with Crippen molar-refractivity contribution in [2.75, 3.05) is 0 Å². The summed E-state index contributed by atoms with van der Waals surface area (Å²) in [6.07, 6.45) is 1.50. The Labute approximate surface area is 91.3 Å². The summed E-state index contributed by atoms with van der Waals surface area (Å²) in [6, 6.07) is 6.79. The number of rotatable bonds is 2. The molecule has 0 atom stereocenters. The van der Waals surface area contributed by atoms with Gasteiger partial charge >= 0.3 is 5.97 Å². The van der Waals surface area contributed by atoms with Crippen molar-refractivity contribution in [2.45, 2.75) is 0 Å². The third-order valence-electron chi connectivity index (χ3n) is 2.05. The highest BCUT2D eigenvalue weighted by Gasteiger charge is 2.12. The minimum atomic E-state index is -0.522. The minimum absolute atomic E-state index is 0.299. The molecule has 0 aliphatic rings. The molecule has 82 valence electrons. The Morgan fingerprint density at radius 3 is 2.56 bits per heavy atom. The quantitative estimate of drug-likeness (QED) is 0.572. The summed E-state index contributed by atoms with van der Waals surface area (Å²) >= 11 is 0. The highest BCUT2D eigenvalue weighted by atomic mass is 19.1. The van der Waals surface area contributed by atoms with Crippen molar-refractivity contribution in [1.82, 2.24) is 9.78 Å². The van der Waals surface area contributed by atoms with Gasteiger partial charge in [-0.1, -0.05) is 0 Å². The summed E-state index contributed by atoms with van der Waals surface area (Å²) < 4.78 is 19.0. The molecule has 1 aromatic carbocycles. The lowest BCUT2D eigenvalue weighted by atomic mass is 10.3. The number of esters is 1. The van der Waals surface area contributed by atoms with Crippen LogP contribution in [0.2, 0.25) is 0 Å². The molecule has 0 saturated heterocycles. The molecule has 1 heterocycles. The Kier molecular flexibility index (Phi) is 2.68. The van der Waals surface area contributed by atoms with E-state index in [-0.39, 0.29) is 5.82 Å². The molecule has 1 aromatic heterocycles. The van der Waals surface area contributed by atoms with E-state index in [1.54, 1.807) is 13.1 Å². The van der Waals surface area contributed by atoms with Crippen LogP contribution in [0.15, 0.2) is 36.5 Å². The molecule has 0 spiro atoms. The van der Waals surface area contributed by atoms with Crippen LogP contribution in [-0.4, -0.2) is 15.7 Å². The Morgan fingerprint density at radius 2 is 2.00 bits per heavy atom. The van der Waals surface area contributed by atoms with Crippen molar-refractivity contribution >= 4 is 5.97 Å². The molecule has 2 rings (SSSR count). The number of ether oxygens (including phenoxy) is 1. The van der Waals surface area contributed by atoms with E-state index in [1.807, 2.05) is 0 Å². The first-order chi connectivity index (χ1) is 7.66. The van der Waals surface area contributed by atoms with Crippen LogP contribution in [0.5, 0.6) is 5.75 Å². The van der Waals surface area contributed by atoms with Gasteiger partial charge in [0.15, 0.2) is 0 Å². The van der Waals surface area contributed by atoms with Gasteiger partial charge in [-0.05, 0) is 30.3 Å². The van der Waals surface area contributed by atoms with E-state index < -0.39 is 5.97 Å². The molecule has 0 radical (unpaired) electrons. The van der Waals surface area contributed by atoms with E-state index in [2.05, 4.69) is 5.10 Å². The smallest absolute Gasteiger partial charge is 0.361 e. The zero-order valence-corrected chi connectivity index (χ0v) is 8.55. The standard InChI is InChI=1S/C11H9FN2O2/c1-14-10(6-7-13-14)11(15)16-9-4-2-8(12)3-5-9/h2-7H,1H3. The van der Waals surface area contributed by atoms with Gasteiger partial charge in [-0.3, -0.25) is 4.68 Å². The lowest BCUT2D eigenvalue weighted by Crippen LogP contribution is -2.13. The van der Waals surface area contributed by atoms with Gasteiger partial charge in [0.05, 0.1) is 0 Å². The number of hydrogen-bond acceptors (Lipinski definition) is 3. The van der Waals surface area contributed by atoms with E-state index in [1.165, 1.54) is 35.1 Å². The van der Waals surface area contributed by atoms with Crippen molar-refractivity contribution in [2.24, 2.45) is 7.05 Å². The normalized spacial score (nSPS) is 10.1. The molecule has 16 heavy (non-hydrogen) atoms. The summed E-state index contributed by atoms with van der Waals surface area (Å²) in [5.74, 6) is -0.598. The number of aryl methyl sites for hydroxylation is 1. The van der Waals surface area contributed by atoms with Crippen LogP contribution in [0.4, 0.5) is 4.39 Å². The second kappa shape index (κ2) is 4.14. The average molecular weight is 220 g/mol. The zero-order valence-electron chi connectivity index (χ0n) is 8.55. The molecule has 0 unspecified atom stereocenters. The molecule has 0 N–H and O–H groups in total. The van der Waals surface area contributed by atoms with Gasteiger partial charge < -0.3 is 4.74 Å². The van der Waals surface area contributed by atoms with Crippen LogP contribution in [0, 0.1) is 5.82 Å². The number of carbonyl (C=O) groups is 1. The van der Waals surface area contributed by atoms with Gasteiger partial charge in [-0.25, -0.2) is 9.18 Å². The summed E-state index contributed by atoms with van der Waals surface area (Å²) in [7, 11) is 1.64. The summed E-state index contributed by atoms with van der Waals surface area (Å²) in [5, 5.41) is 3.85.